The van der Waals surface area contributed by atoms with E-state index in [1.165, 1.54) is 11.8 Å². The third kappa shape index (κ3) is 5.54. The smallest absolute Gasteiger partial charge is 0.317 e. The quantitative estimate of drug-likeness (QED) is 0.626. The van der Waals surface area contributed by atoms with Crippen LogP contribution in [0.3, 0.4) is 0 Å². The summed E-state index contributed by atoms with van der Waals surface area (Å²) in [6, 6.07) is 5.87. The van der Waals surface area contributed by atoms with Crippen molar-refractivity contribution >= 4 is 39.6 Å². The van der Waals surface area contributed by atoms with Crippen LogP contribution in [0.25, 0.3) is 0 Å². The van der Waals surface area contributed by atoms with Crippen LogP contribution in [-0.4, -0.2) is 30.3 Å². The number of rotatable bonds is 6. The van der Waals surface area contributed by atoms with Crippen molar-refractivity contribution in [3.8, 4) is 0 Å². The number of aryl methyl sites for hydroxylation is 1. The van der Waals surface area contributed by atoms with Crippen LogP contribution in [0.1, 0.15) is 19.4 Å². The molecule has 1 amide bonds. The van der Waals surface area contributed by atoms with Gasteiger partial charge in [0.05, 0.1) is 5.75 Å². The van der Waals surface area contributed by atoms with Crippen LogP contribution in [0.15, 0.2) is 27.6 Å². The summed E-state index contributed by atoms with van der Waals surface area (Å²) in [5.74, 6) is -0.478. The topological polar surface area (TPSA) is 55.4 Å². The highest BCUT2D eigenvalue weighted by molar-refractivity contribution is 9.10. The van der Waals surface area contributed by atoms with Gasteiger partial charge in [0, 0.05) is 15.9 Å². The Kier molecular flexibility index (Phi) is 7.09. The second kappa shape index (κ2) is 8.32. The maximum absolute atomic E-state index is 11.7. The van der Waals surface area contributed by atoms with Gasteiger partial charge in [-0.1, -0.05) is 15.9 Å². The summed E-state index contributed by atoms with van der Waals surface area (Å²) in [6.07, 6.45) is -0.755. The first-order valence-electron chi connectivity index (χ1n) is 6.30. The number of thioether (sulfide) groups is 1. The Bertz CT molecular complexity index is 493. The molecule has 20 heavy (non-hydrogen) atoms. The number of benzene rings is 1. The van der Waals surface area contributed by atoms with Crippen LogP contribution in [0, 0.1) is 6.92 Å². The third-order valence-electron chi connectivity index (χ3n) is 2.51. The summed E-state index contributed by atoms with van der Waals surface area (Å²) in [7, 11) is 0. The van der Waals surface area contributed by atoms with Crippen LogP contribution in [0.2, 0.25) is 0 Å². The first kappa shape index (κ1) is 17.0. The molecule has 0 saturated carbocycles. The number of halogens is 1. The van der Waals surface area contributed by atoms with Crippen LogP contribution in [-0.2, 0) is 14.3 Å². The Morgan fingerprint density at radius 3 is 2.75 bits per heavy atom. The van der Waals surface area contributed by atoms with Crippen LogP contribution >= 0.6 is 27.7 Å². The third-order valence-corrected chi connectivity index (χ3v) is 4.15. The number of ether oxygens (including phenoxy) is 1. The molecule has 1 rings (SSSR count). The van der Waals surface area contributed by atoms with E-state index in [0.717, 1.165) is 14.9 Å². The molecule has 0 aliphatic heterocycles. The summed E-state index contributed by atoms with van der Waals surface area (Å²) < 4.78 is 6.08. The molecule has 6 heteroatoms. The van der Waals surface area contributed by atoms with E-state index in [-0.39, 0.29) is 11.7 Å². The fourth-order valence-corrected chi connectivity index (χ4v) is 2.78. The maximum atomic E-state index is 11.7. The van der Waals surface area contributed by atoms with Gasteiger partial charge in [-0.25, -0.2) is 0 Å². The highest BCUT2D eigenvalue weighted by Crippen LogP contribution is 2.25. The van der Waals surface area contributed by atoms with Gasteiger partial charge in [-0.2, -0.15) is 0 Å². The second-order valence-corrected chi connectivity index (χ2v) is 6.16. The summed E-state index contributed by atoms with van der Waals surface area (Å²) in [4.78, 5) is 24.1. The molecule has 0 aliphatic rings. The van der Waals surface area contributed by atoms with E-state index in [1.54, 1.807) is 6.92 Å². The van der Waals surface area contributed by atoms with E-state index in [0.29, 0.717) is 6.54 Å². The number of hydrogen-bond donors (Lipinski definition) is 1. The Hall–Kier alpha value is -1.01. The summed E-state index contributed by atoms with van der Waals surface area (Å²) in [6.45, 7) is 5.89. The molecule has 0 aliphatic carbocycles. The molecule has 1 atom stereocenters. The first-order valence-corrected chi connectivity index (χ1v) is 8.08. The standard InChI is InChI=1S/C14H18BrNO3S/c1-4-16-14(18)10(3)19-13(17)8-20-12-6-5-11(15)7-9(12)2/h5-7,10H,4,8H2,1-3H3,(H,16,18)/t10-/m1/s1. The van der Waals surface area contributed by atoms with Gasteiger partial charge in [0.25, 0.3) is 5.91 Å². The Morgan fingerprint density at radius 1 is 1.45 bits per heavy atom. The van der Waals surface area contributed by atoms with Gasteiger partial charge < -0.3 is 10.1 Å². The average Bonchev–Trinajstić information content (AvgIpc) is 2.37. The predicted molar refractivity (Wildman–Crippen MR) is 83.8 cm³/mol. The molecule has 0 bridgehead atoms. The summed E-state index contributed by atoms with van der Waals surface area (Å²) in [5, 5.41) is 2.61. The maximum Gasteiger partial charge on any atom is 0.317 e. The Balaban J connectivity index is 2.45. The molecular weight excluding hydrogens is 342 g/mol. The van der Waals surface area contributed by atoms with Gasteiger partial charge in [-0.15, -0.1) is 11.8 Å². The van der Waals surface area contributed by atoms with Gasteiger partial charge in [-0.3, -0.25) is 9.59 Å². The highest BCUT2D eigenvalue weighted by atomic mass is 79.9. The van der Waals surface area contributed by atoms with Crippen molar-refractivity contribution in [1.29, 1.82) is 0 Å². The van der Waals surface area contributed by atoms with Crippen molar-refractivity contribution in [2.24, 2.45) is 0 Å². The van der Waals surface area contributed by atoms with Crippen molar-refractivity contribution < 1.29 is 14.3 Å². The van der Waals surface area contributed by atoms with Gasteiger partial charge >= 0.3 is 5.97 Å². The van der Waals surface area contributed by atoms with Gasteiger partial charge in [0.15, 0.2) is 6.10 Å². The lowest BCUT2D eigenvalue weighted by Crippen LogP contribution is -2.35. The number of carbonyl (C=O) groups is 2. The van der Waals surface area contributed by atoms with E-state index in [1.807, 2.05) is 32.0 Å². The van der Waals surface area contributed by atoms with Crippen LogP contribution < -0.4 is 5.32 Å². The molecule has 1 aromatic rings. The minimum absolute atomic E-state index is 0.187. The van der Waals surface area contributed by atoms with Crippen molar-refractivity contribution in [2.45, 2.75) is 31.8 Å². The van der Waals surface area contributed by atoms with Gasteiger partial charge in [-0.05, 0) is 44.5 Å². The number of likely N-dealkylation sites (N-methyl/N-ethyl adjacent to an activating group) is 1. The van der Waals surface area contributed by atoms with E-state index in [9.17, 15) is 9.59 Å². The molecule has 0 heterocycles. The number of esters is 1. The Morgan fingerprint density at radius 2 is 2.15 bits per heavy atom. The Labute approximate surface area is 131 Å². The van der Waals surface area contributed by atoms with E-state index in [2.05, 4.69) is 21.2 Å². The van der Waals surface area contributed by atoms with Gasteiger partial charge in [0.2, 0.25) is 0 Å². The lowest BCUT2D eigenvalue weighted by Gasteiger charge is -2.12. The average molecular weight is 360 g/mol. The number of nitrogens with one attached hydrogen (secondary N) is 1. The molecule has 1 N–H and O–H groups in total. The molecule has 110 valence electrons. The van der Waals surface area contributed by atoms with E-state index < -0.39 is 12.1 Å². The SMILES string of the molecule is CCNC(=O)[C@@H](C)OC(=O)CSc1ccc(Br)cc1C. The van der Waals surface area contributed by atoms with E-state index in [4.69, 9.17) is 4.74 Å². The molecule has 0 unspecified atom stereocenters. The molecular formula is C14H18BrNO3S. The zero-order chi connectivity index (χ0) is 15.1. The fraction of sp³-hybridized carbons (Fsp3) is 0.429. The van der Waals surface area contributed by atoms with Gasteiger partial charge in [0.1, 0.15) is 0 Å². The fourth-order valence-electron chi connectivity index (χ4n) is 1.51. The molecule has 4 nitrogen and oxygen atoms in total. The number of carbonyl (C=O) groups excluding carboxylic acids is 2. The molecule has 1 aromatic carbocycles. The molecule has 0 radical (unpaired) electrons. The minimum atomic E-state index is -0.755. The van der Waals surface area contributed by atoms with Crippen molar-refractivity contribution in [3.63, 3.8) is 0 Å². The molecule has 0 spiro atoms. The van der Waals surface area contributed by atoms with Crippen molar-refractivity contribution in [2.75, 3.05) is 12.3 Å². The zero-order valence-corrected chi connectivity index (χ0v) is 14.1. The van der Waals surface area contributed by atoms with E-state index >= 15 is 0 Å². The van der Waals surface area contributed by atoms with Crippen molar-refractivity contribution in [1.82, 2.24) is 5.32 Å². The minimum Gasteiger partial charge on any atom is -0.452 e. The lowest BCUT2D eigenvalue weighted by atomic mass is 10.2. The first-order chi connectivity index (χ1) is 9.43. The summed E-state index contributed by atoms with van der Waals surface area (Å²) in [5.41, 5.74) is 1.09. The van der Waals surface area contributed by atoms with Crippen molar-refractivity contribution in [3.05, 3.63) is 28.2 Å². The monoisotopic (exact) mass is 359 g/mol. The highest BCUT2D eigenvalue weighted by Gasteiger charge is 2.17. The molecule has 0 fully saturated rings. The van der Waals surface area contributed by atoms with Crippen LogP contribution in [0.5, 0.6) is 0 Å². The van der Waals surface area contributed by atoms with Crippen LogP contribution in [0.4, 0.5) is 0 Å². The summed E-state index contributed by atoms with van der Waals surface area (Å²) >= 11 is 4.80. The number of hydrogen-bond acceptors (Lipinski definition) is 4. The largest absolute Gasteiger partial charge is 0.452 e. The molecule has 0 saturated heterocycles. The second-order valence-electron chi connectivity index (χ2n) is 4.23. The zero-order valence-electron chi connectivity index (χ0n) is 11.7. The lowest BCUT2D eigenvalue weighted by molar-refractivity contribution is -0.152. The normalized spacial score (nSPS) is 11.8. The molecule has 0 aromatic heterocycles. The number of amides is 1. The predicted octanol–water partition coefficient (Wildman–Crippen LogP) is 2.92.